The van der Waals surface area contributed by atoms with Crippen molar-refractivity contribution in [2.75, 3.05) is 0 Å². The molecule has 1 unspecified atom stereocenters. The summed E-state index contributed by atoms with van der Waals surface area (Å²) in [5, 5.41) is 14.5. The van der Waals surface area contributed by atoms with Crippen LogP contribution in [0.15, 0.2) is 28.9 Å². The molecule has 2 rings (SSSR count). The molecule has 4 heteroatoms. The Morgan fingerprint density at radius 1 is 1.33 bits per heavy atom. The van der Waals surface area contributed by atoms with Crippen LogP contribution in [0.5, 0.6) is 0 Å². The fraction of sp³-hybridized carbons (Fsp3) is 0.357. The van der Waals surface area contributed by atoms with Crippen molar-refractivity contribution in [2.24, 2.45) is 7.05 Å². The number of aliphatic hydroxyl groups is 1. The number of halogens is 1. The van der Waals surface area contributed by atoms with Gasteiger partial charge in [-0.05, 0) is 36.6 Å². The monoisotopic (exact) mass is 308 g/mol. The summed E-state index contributed by atoms with van der Waals surface area (Å²) in [5.74, 6) is 0. The van der Waals surface area contributed by atoms with Gasteiger partial charge in [0.25, 0.3) is 0 Å². The number of aliphatic hydroxyl groups excluding tert-OH is 1. The van der Waals surface area contributed by atoms with Gasteiger partial charge in [-0.25, -0.2) is 0 Å². The van der Waals surface area contributed by atoms with E-state index in [1.165, 1.54) is 0 Å². The molecule has 0 radical (unpaired) electrons. The summed E-state index contributed by atoms with van der Waals surface area (Å²) < 4.78 is 2.86. The van der Waals surface area contributed by atoms with E-state index in [2.05, 4.69) is 21.0 Å². The van der Waals surface area contributed by atoms with E-state index in [-0.39, 0.29) is 0 Å². The van der Waals surface area contributed by atoms with Crippen molar-refractivity contribution in [1.82, 2.24) is 9.78 Å². The molecule has 0 aliphatic heterocycles. The van der Waals surface area contributed by atoms with Crippen LogP contribution in [0.1, 0.15) is 28.5 Å². The van der Waals surface area contributed by atoms with Crippen molar-refractivity contribution in [3.05, 3.63) is 51.3 Å². The number of aryl methyl sites for hydroxylation is 3. The minimum atomic E-state index is -0.509. The Morgan fingerprint density at radius 3 is 2.44 bits per heavy atom. The van der Waals surface area contributed by atoms with Crippen molar-refractivity contribution in [3.8, 4) is 0 Å². The molecule has 0 spiro atoms. The van der Waals surface area contributed by atoms with Crippen molar-refractivity contribution in [1.29, 1.82) is 0 Å². The van der Waals surface area contributed by atoms with Gasteiger partial charge in [0.05, 0.1) is 11.8 Å². The van der Waals surface area contributed by atoms with E-state index in [1.54, 1.807) is 4.68 Å². The fourth-order valence-corrected chi connectivity index (χ4v) is 2.29. The highest BCUT2D eigenvalue weighted by Gasteiger charge is 2.12. The topological polar surface area (TPSA) is 38.0 Å². The highest BCUT2D eigenvalue weighted by Crippen LogP contribution is 2.26. The zero-order valence-electron chi connectivity index (χ0n) is 10.8. The molecule has 0 aliphatic rings. The van der Waals surface area contributed by atoms with Crippen LogP contribution in [0.4, 0.5) is 0 Å². The van der Waals surface area contributed by atoms with Gasteiger partial charge in [-0.3, -0.25) is 4.68 Å². The second-order valence-electron chi connectivity index (χ2n) is 4.67. The lowest BCUT2D eigenvalue weighted by atomic mass is 10.0. The van der Waals surface area contributed by atoms with E-state index < -0.39 is 6.10 Å². The van der Waals surface area contributed by atoms with Crippen molar-refractivity contribution in [3.63, 3.8) is 0 Å². The van der Waals surface area contributed by atoms with E-state index in [9.17, 15) is 5.11 Å². The van der Waals surface area contributed by atoms with Gasteiger partial charge in [0.1, 0.15) is 0 Å². The summed E-state index contributed by atoms with van der Waals surface area (Å²) in [5.41, 5.74) is 4.14. The SMILES string of the molecule is Cc1cc(C(O)Cc2ccn(C)n2)cc(C)c1Br. The minimum Gasteiger partial charge on any atom is -0.388 e. The van der Waals surface area contributed by atoms with Gasteiger partial charge >= 0.3 is 0 Å². The number of hydrogen-bond donors (Lipinski definition) is 1. The maximum atomic E-state index is 10.3. The normalized spacial score (nSPS) is 12.7. The average molecular weight is 309 g/mol. The zero-order valence-corrected chi connectivity index (χ0v) is 12.4. The summed E-state index contributed by atoms with van der Waals surface area (Å²) in [4.78, 5) is 0. The lowest BCUT2D eigenvalue weighted by Gasteiger charge is -2.13. The van der Waals surface area contributed by atoms with Gasteiger partial charge in [-0.1, -0.05) is 28.1 Å². The molecule has 0 amide bonds. The Kier molecular flexibility index (Phi) is 3.88. The molecular formula is C14H17BrN2O. The number of nitrogens with zero attached hydrogens (tertiary/aromatic N) is 2. The molecule has 18 heavy (non-hydrogen) atoms. The predicted octanol–water partition coefficient (Wildman–Crippen LogP) is 3.08. The summed E-state index contributed by atoms with van der Waals surface area (Å²) in [6, 6.07) is 5.97. The van der Waals surface area contributed by atoms with Crippen LogP contribution in [0, 0.1) is 13.8 Å². The molecule has 1 aromatic heterocycles. The Labute approximate surface area is 116 Å². The van der Waals surface area contributed by atoms with Crippen LogP contribution in [-0.4, -0.2) is 14.9 Å². The second kappa shape index (κ2) is 5.24. The third-order valence-electron chi connectivity index (χ3n) is 3.01. The van der Waals surface area contributed by atoms with Gasteiger partial charge < -0.3 is 5.11 Å². The first-order valence-corrected chi connectivity index (χ1v) is 6.70. The first-order chi connectivity index (χ1) is 8.47. The molecule has 3 nitrogen and oxygen atoms in total. The smallest absolute Gasteiger partial charge is 0.0846 e. The molecule has 0 bridgehead atoms. The second-order valence-corrected chi connectivity index (χ2v) is 5.46. The molecule has 0 saturated heterocycles. The molecule has 1 N–H and O–H groups in total. The predicted molar refractivity (Wildman–Crippen MR) is 75.5 cm³/mol. The van der Waals surface area contributed by atoms with Gasteiger partial charge in [0.15, 0.2) is 0 Å². The van der Waals surface area contributed by atoms with Crippen LogP contribution in [0.25, 0.3) is 0 Å². The van der Waals surface area contributed by atoms with E-state index in [4.69, 9.17) is 0 Å². The highest BCUT2D eigenvalue weighted by molar-refractivity contribution is 9.10. The lowest BCUT2D eigenvalue weighted by Crippen LogP contribution is -2.04. The first-order valence-electron chi connectivity index (χ1n) is 5.90. The molecule has 0 aliphatic carbocycles. The Morgan fingerprint density at radius 2 is 1.94 bits per heavy atom. The molecule has 1 heterocycles. The Hall–Kier alpha value is -1.13. The zero-order chi connectivity index (χ0) is 13.3. The summed E-state index contributed by atoms with van der Waals surface area (Å²) in [6.07, 6.45) is 1.92. The molecular weight excluding hydrogens is 292 g/mol. The summed E-state index contributed by atoms with van der Waals surface area (Å²) >= 11 is 3.54. The van der Waals surface area contributed by atoms with E-state index in [1.807, 2.05) is 45.3 Å². The third-order valence-corrected chi connectivity index (χ3v) is 4.27. The van der Waals surface area contributed by atoms with Crippen molar-refractivity contribution < 1.29 is 5.11 Å². The molecule has 1 atom stereocenters. The van der Waals surface area contributed by atoms with Crippen molar-refractivity contribution in [2.45, 2.75) is 26.4 Å². The van der Waals surface area contributed by atoms with Gasteiger partial charge in [0.2, 0.25) is 0 Å². The molecule has 0 saturated carbocycles. The van der Waals surface area contributed by atoms with Crippen LogP contribution in [-0.2, 0) is 13.5 Å². The van der Waals surface area contributed by atoms with Crippen LogP contribution >= 0.6 is 15.9 Å². The highest BCUT2D eigenvalue weighted by atomic mass is 79.9. The van der Waals surface area contributed by atoms with Gasteiger partial charge in [0, 0.05) is 24.1 Å². The van der Waals surface area contributed by atoms with E-state index >= 15 is 0 Å². The Balaban J connectivity index is 2.21. The maximum absolute atomic E-state index is 10.3. The van der Waals surface area contributed by atoms with E-state index in [0.29, 0.717) is 6.42 Å². The van der Waals surface area contributed by atoms with Gasteiger partial charge in [-0.2, -0.15) is 5.10 Å². The largest absolute Gasteiger partial charge is 0.388 e. The number of benzene rings is 1. The van der Waals surface area contributed by atoms with Crippen LogP contribution in [0.3, 0.4) is 0 Å². The van der Waals surface area contributed by atoms with Crippen LogP contribution < -0.4 is 0 Å². The number of rotatable bonds is 3. The molecule has 1 aromatic carbocycles. The third kappa shape index (κ3) is 2.82. The van der Waals surface area contributed by atoms with Crippen molar-refractivity contribution >= 4 is 15.9 Å². The van der Waals surface area contributed by atoms with Gasteiger partial charge in [-0.15, -0.1) is 0 Å². The lowest BCUT2D eigenvalue weighted by molar-refractivity contribution is 0.177. The first kappa shape index (κ1) is 13.3. The average Bonchev–Trinajstić information content (AvgIpc) is 2.71. The summed E-state index contributed by atoms with van der Waals surface area (Å²) in [6.45, 7) is 4.07. The van der Waals surface area contributed by atoms with E-state index in [0.717, 1.165) is 26.9 Å². The van der Waals surface area contributed by atoms with Crippen LogP contribution in [0.2, 0.25) is 0 Å². The standard InChI is InChI=1S/C14H17BrN2O/c1-9-6-11(7-10(2)14(9)15)13(18)8-12-4-5-17(3)16-12/h4-7,13,18H,8H2,1-3H3. The molecule has 2 aromatic rings. The number of hydrogen-bond acceptors (Lipinski definition) is 2. The molecule has 96 valence electrons. The Bertz CT molecular complexity index is 540. The minimum absolute atomic E-state index is 0.509. The molecule has 0 fully saturated rings. The summed E-state index contributed by atoms with van der Waals surface area (Å²) in [7, 11) is 1.88. The number of aromatic nitrogens is 2. The fourth-order valence-electron chi connectivity index (χ4n) is 2.06. The maximum Gasteiger partial charge on any atom is 0.0846 e. The quantitative estimate of drug-likeness (QED) is 0.946.